The van der Waals surface area contributed by atoms with E-state index in [0.717, 1.165) is 6.42 Å². The first-order valence-electron chi connectivity index (χ1n) is 8.24. The Hall–Kier alpha value is -1.29. The van der Waals surface area contributed by atoms with Crippen molar-refractivity contribution in [3.8, 4) is 5.75 Å². The molecule has 2 N–H and O–H groups in total. The van der Waals surface area contributed by atoms with Gasteiger partial charge < -0.3 is 15.0 Å². The lowest BCUT2D eigenvalue weighted by molar-refractivity contribution is 0.296. The van der Waals surface area contributed by atoms with Gasteiger partial charge in [0, 0.05) is 18.8 Å². The molecule has 1 unspecified atom stereocenters. The van der Waals surface area contributed by atoms with Crippen molar-refractivity contribution in [1.29, 1.82) is 0 Å². The third-order valence-corrected chi connectivity index (χ3v) is 3.76. The molecular formula is C17H30N2O2. The van der Waals surface area contributed by atoms with Gasteiger partial charge in [0.2, 0.25) is 0 Å². The van der Waals surface area contributed by atoms with Crippen molar-refractivity contribution in [2.75, 3.05) is 13.2 Å². The van der Waals surface area contributed by atoms with Crippen LogP contribution in [0.4, 0.5) is 0 Å². The highest BCUT2D eigenvalue weighted by atomic mass is 16.5. The fourth-order valence-electron chi connectivity index (χ4n) is 2.30. The zero-order valence-electron chi connectivity index (χ0n) is 13.5. The van der Waals surface area contributed by atoms with Gasteiger partial charge in [-0.15, -0.1) is 0 Å². The molecule has 1 aromatic rings. The second-order valence-electron chi connectivity index (χ2n) is 5.64. The molecule has 1 rings (SSSR count). The van der Waals surface area contributed by atoms with Crippen LogP contribution in [0.15, 0.2) is 23.1 Å². The van der Waals surface area contributed by atoms with Crippen molar-refractivity contribution >= 4 is 0 Å². The van der Waals surface area contributed by atoms with Crippen molar-refractivity contribution in [1.82, 2.24) is 4.57 Å². The summed E-state index contributed by atoms with van der Waals surface area (Å²) in [6.45, 7) is 5.22. The molecule has 0 fully saturated rings. The lowest BCUT2D eigenvalue weighted by Gasteiger charge is -2.14. The number of hydrogen-bond donors (Lipinski definition) is 1. The molecule has 0 bridgehead atoms. The van der Waals surface area contributed by atoms with Crippen molar-refractivity contribution in [2.45, 2.75) is 64.8 Å². The fourth-order valence-corrected chi connectivity index (χ4v) is 2.30. The molecule has 1 heterocycles. The van der Waals surface area contributed by atoms with E-state index in [1.54, 1.807) is 16.8 Å². The number of rotatable bonds is 11. The quantitative estimate of drug-likeness (QED) is 0.635. The summed E-state index contributed by atoms with van der Waals surface area (Å²) in [6, 6.07) is 3.58. The number of pyridine rings is 1. The van der Waals surface area contributed by atoms with Gasteiger partial charge in [-0.25, -0.2) is 0 Å². The summed E-state index contributed by atoms with van der Waals surface area (Å²) >= 11 is 0. The van der Waals surface area contributed by atoms with Crippen LogP contribution in [0.2, 0.25) is 0 Å². The minimum Gasteiger partial charge on any atom is -0.488 e. The molecule has 0 radical (unpaired) electrons. The van der Waals surface area contributed by atoms with E-state index in [1.807, 2.05) is 13.0 Å². The normalized spacial score (nSPS) is 12.3. The van der Waals surface area contributed by atoms with E-state index in [9.17, 15) is 4.79 Å². The van der Waals surface area contributed by atoms with E-state index in [4.69, 9.17) is 10.5 Å². The van der Waals surface area contributed by atoms with Crippen LogP contribution in [0, 0.1) is 0 Å². The molecule has 0 aliphatic heterocycles. The van der Waals surface area contributed by atoms with Crippen LogP contribution in [0.5, 0.6) is 5.75 Å². The molecule has 0 aliphatic carbocycles. The molecule has 0 aliphatic rings. The molecule has 1 aromatic heterocycles. The Balaban J connectivity index is 2.31. The van der Waals surface area contributed by atoms with E-state index in [0.29, 0.717) is 18.9 Å². The lowest BCUT2D eigenvalue weighted by atomic mass is 10.1. The maximum atomic E-state index is 12.2. The zero-order chi connectivity index (χ0) is 15.5. The maximum absolute atomic E-state index is 12.2. The predicted molar refractivity (Wildman–Crippen MR) is 88.0 cm³/mol. The van der Waals surface area contributed by atoms with Gasteiger partial charge in [0.05, 0.1) is 6.61 Å². The van der Waals surface area contributed by atoms with E-state index in [2.05, 4.69) is 6.92 Å². The number of nitrogens with zero attached hydrogens (tertiary/aromatic N) is 1. The molecule has 4 heteroatoms. The van der Waals surface area contributed by atoms with Crippen molar-refractivity contribution < 1.29 is 4.74 Å². The Morgan fingerprint density at radius 1 is 1.19 bits per heavy atom. The topological polar surface area (TPSA) is 57.2 Å². The first-order valence-corrected chi connectivity index (χ1v) is 8.24. The zero-order valence-corrected chi connectivity index (χ0v) is 13.5. The summed E-state index contributed by atoms with van der Waals surface area (Å²) in [4.78, 5) is 12.2. The van der Waals surface area contributed by atoms with Gasteiger partial charge in [-0.1, -0.05) is 45.4 Å². The van der Waals surface area contributed by atoms with Gasteiger partial charge in [-0.3, -0.25) is 4.79 Å². The smallest absolute Gasteiger partial charge is 0.293 e. The molecule has 0 saturated carbocycles. The number of hydrogen-bond acceptors (Lipinski definition) is 3. The number of nitrogens with two attached hydrogens (primary N) is 1. The van der Waals surface area contributed by atoms with E-state index < -0.39 is 0 Å². The fraction of sp³-hybridized carbons (Fsp3) is 0.706. The Morgan fingerprint density at radius 2 is 1.86 bits per heavy atom. The first-order chi connectivity index (χ1) is 10.2. The molecule has 0 aromatic carbocycles. The molecule has 120 valence electrons. The molecule has 0 amide bonds. The van der Waals surface area contributed by atoms with Gasteiger partial charge in [0.1, 0.15) is 0 Å². The Labute approximate surface area is 128 Å². The standard InChI is InChI=1S/C17H30N2O2/c1-3-4-5-6-7-8-9-13-21-16-11-10-12-19(17(16)20)15(2)14-18/h10-12,15H,3-9,13-14,18H2,1-2H3. The SMILES string of the molecule is CCCCCCCCCOc1cccn(C(C)CN)c1=O. The second kappa shape index (κ2) is 10.4. The molecule has 4 nitrogen and oxygen atoms in total. The monoisotopic (exact) mass is 294 g/mol. The average Bonchev–Trinajstić information content (AvgIpc) is 2.50. The van der Waals surface area contributed by atoms with E-state index in [1.165, 1.54) is 38.5 Å². The number of unbranched alkanes of at least 4 members (excludes halogenated alkanes) is 6. The van der Waals surface area contributed by atoms with Crippen LogP contribution in [0.25, 0.3) is 0 Å². The van der Waals surface area contributed by atoms with Crippen molar-refractivity contribution in [3.05, 3.63) is 28.7 Å². The average molecular weight is 294 g/mol. The summed E-state index contributed by atoms with van der Waals surface area (Å²) < 4.78 is 7.26. The van der Waals surface area contributed by atoms with Crippen LogP contribution in [-0.2, 0) is 0 Å². The molecular weight excluding hydrogens is 264 g/mol. The van der Waals surface area contributed by atoms with Crippen LogP contribution >= 0.6 is 0 Å². The van der Waals surface area contributed by atoms with Crippen molar-refractivity contribution in [3.63, 3.8) is 0 Å². The van der Waals surface area contributed by atoms with Gasteiger partial charge in [0.15, 0.2) is 5.75 Å². The van der Waals surface area contributed by atoms with Gasteiger partial charge in [-0.05, 0) is 25.5 Å². The van der Waals surface area contributed by atoms with Crippen LogP contribution < -0.4 is 16.0 Å². The summed E-state index contributed by atoms with van der Waals surface area (Å²) in [5.74, 6) is 0.434. The number of ether oxygens (including phenoxy) is 1. The lowest BCUT2D eigenvalue weighted by Crippen LogP contribution is -2.28. The Morgan fingerprint density at radius 3 is 2.52 bits per heavy atom. The van der Waals surface area contributed by atoms with Crippen LogP contribution in [-0.4, -0.2) is 17.7 Å². The van der Waals surface area contributed by atoms with Gasteiger partial charge in [0.25, 0.3) is 5.56 Å². The minimum absolute atomic E-state index is 0.000356. The largest absolute Gasteiger partial charge is 0.488 e. The molecule has 0 saturated heterocycles. The highest BCUT2D eigenvalue weighted by Crippen LogP contribution is 2.09. The second-order valence-corrected chi connectivity index (χ2v) is 5.64. The van der Waals surface area contributed by atoms with E-state index in [-0.39, 0.29) is 11.6 Å². The third-order valence-electron chi connectivity index (χ3n) is 3.76. The Bertz CT molecular complexity index is 443. The summed E-state index contributed by atoms with van der Waals surface area (Å²) in [7, 11) is 0. The molecule has 1 atom stereocenters. The van der Waals surface area contributed by atoms with Crippen LogP contribution in [0.3, 0.4) is 0 Å². The summed E-state index contributed by atoms with van der Waals surface area (Å²) in [6.07, 6.45) is 10.5. The van der Waals surface area contributed by atoms with E-state index >= 15 is 0 Å². The summed E-state index contributed by atoms with van der Waals surface area (Å²) in [5, 5.41) is 0. The highest BCUT2D eigenvalue weighted by Gasteiger charge is 2.08. The molecule has 21 heavy (non-hydrogen) atoms. The maximum Gasteiger partial charge on any atom is 0.293 e. The Kier molecular flexibility index (Phi) is 8.83. The third kappa shape index (κ3) is 6.34. The van der Waals surface area contributed by atoms with Gasteiger partial charge >= 0.3 is 0 Å². The predicted octanol–water partition coefficient (Wildman–Crippen LogP) is 3.50. The van der Waals surface area contributed by atoms with Crippen molar-refractivity contribution in [2.24, 2.45) is 5.73 Å². The number of aromatic nitrogens is 1. The molecule has 0 spiro atoms. The highest BCUT2D eigenvalue weighted by molar-refractivity contribution is 5.17. The minimum atomic E-state index is -0.0848. The summed E-state index contributed by atoms with van der Waals surface area (Å²) in [5.41, 5.74) is 5.53. The van der Waals surface area contributed by atoms with Gasteiger partial charge in [-0.2, -0.15) is 0 Å². The van der Waals surface area contributed by atoms with Crippen LogP contribution in [0.1, 0.15) is 64.8 Å². The first kappa shape index (κ1) is 17.8.